The molecule has 3 heterocycles. The maximum atomic E-state index is 5.65. The molecule has 3 aliphatic rings. The van der Waals surface area contributed by atoms with Crippen LogP contribution < -0.4 is 5.32 Å². The number of likely N-dealkylation sites (tertiary alicyclic amines) is 1. The summed E-state index contributed by atoms with van der Waals surface area (Å²) in [6.07, 6.45) is 3.91. The predicted molar refractivity (Wildman–Crippen MR) is 64.5 cm³/mol. The summed E-state index contributed by atoms with van der Waals surface area (Å²) in [5.74, 6) is 1.82. The molecule has 4 unspecified atom stereocenters. The third kappa shape index (κ3) is 1.79. The Morgan fingerprint density at radius 2 is 2.31 bits per heavy atom. The quantitative estimate of drug-likeness (QED) is 0.760. The van der Waals surface area contributed by atoms with Gasteiger partial charge in [0.1, 0.15) is 0 Å². The van der Waals surface area contributed by atoms with Crippen LogP contribution in [0.1, 0.15) is 26.2 Å². The third-order valence-corrected chi connectivity index (χ3v) is 4.78. The lowest BCUT2D eigenvalue weighted by Gasteiger charge is -2.36. The second-order valence-corrected chi connectivity index (χ2v) is 5.63. The Bertz CT molecular complexity index is 240. The van der Waals surface area contributed by atoms with E-state index in [2.05, 4.69) is 17.1 Å². The van der Waals surface area contributed by atoms with Crippen molar-refractivity contribution < 1.29 is 4.74 Å². The zero-order valence-corrected chi connectivity index (χ0v) is 10.3. The van der Waals surface area contributed by atoms with Gasteiger partial charge in [0, 0.05) is 25.2 Å². The number of hydrogen-bond donors (Lipinski definition) is 1. The molecule has 0 spiro atoms. The molecule has 3 rings (SSSR count). The Kier molecular flexibility index (Phi) is 3.18. The molecule has 0 bridgehead atoms. The van der Waals surface area contributed by atoms with E-state index in [1.54, 1.807) is 0 Å². The van der Waals surface area contributed by atoms with Crippen LogP contribution in [0, 0.1) is 11.8 Å². The van der Waals surface area contributed by atoms with E-state index in [0.717, 1.165) is 31.1 Å². The second-order valence-electron chi connectivity index (χ2n) is 5.63. The van der Waals surface area contributed by atoms with Crippen LogP contribution in [0.3, 0.4) is 0 Å². The summed E-state index contributed by atoms with van der Waals surface area (Å²) < 4.78 is 5.65. The van der Waals surface area contributed by atoms with Gasteiger partial charge in [0.15, 0.2) is 0 Å². The molecule has 3 heteroatoms. The van der Waals surface area contributed by atoms with Crippen LogP contribution in [0.25, 0.3) is 0 Å². The SMILES string of the molecule is CCC1C2CNCC2CN1C1CCCOC1. The van der Waals surface area contributed by atoms with E-state index in [4.69, 9.17) is 4.74 Å². The molecular weight excluding hydrogens is 200 g/mol. The highest BCUT2D eigenvalue weighted by molar-refractivity contribution is 5.00. The fraction of sp³-hybridized carbons (Fsp3) is 1.00. The minimum absolute atomic E-state index is 0.712. The van der Waals surface area contributed by atoms with Gasteiger partial charge in [-0.2, -0.15) is 0 Å². The highest BCUT2D eigenvalue weighted by Crippen LogP contribution is 2.36. The monoisotopic (exact) mass is 224 g/mol. The third-order valence-electron chi connectivity index (χ3n) is 4.78. The van der Waals surface area contributed by atoms with Crippen molar-refractivity contribution in [3.63, 3.8) is 0 Å². The number of fused-ring (bicyclic) bond motifs is 1. The molecule has 0 aromatic rings. The topological polar surface area (TPSA) is 24.5 Å². The zero-order chi connectivity index (χ0) is 11.0. The molecule has 4 atom stereocenters. The number of hydrogen-bond acceptors (Lipinski definition) is 3. The minimum Gasteiger partial charge on any atom is -0.380 e. The van der Waals surface area contributed by atoms with Gasteiger partial charge in [0.2, 0.25) is 0 Å². The van der Waals surface area contributed by atoms with Crippen molar-refractivity contribution in [2.75, 3.05) is 32.8 Å². The summed E-state index contributed by atoms with van der Waals surface area (Å²) in [6.45, 7) is 8.10. The van der Waals surface area contributed by atoms with Gasteiger partial charge in [-0.25, -0.2) is 0 Å². The van der Waals surface area contributed by atoms with Gasteiger partial charge in [0.25, 0.3) is 0 Å². The molecule has 3 nitrogen and oxygen atoms in total. The lowest BCUT2D eigenvalue weighted by atomic mass is 9.92. The Hall–Kier alpha value is -0.120. The first-order chi connectivity index (χ1) is 7.90. The summed E-state index contributed by atoms with van der Waals surface area (Å²) in [6, 6.07) is 1.52. The van der Waals surface area contributed by atoms with Gasteiger partial charge in [-0.05, 0) is 44.2 Å². The van der Waals surface area contributed by atoms with Gasteiger partial charge in [-0.15, -0.1) is 0 Å². The molecule has 0 aliphatic carbocycles. The number of ether oxygens (including phenoxy) is 1. The largest absolute Gasteiger partial charge is 0.380 e. The summed E-state index contributed by atoms with van der Waals surface area (Å²) in [5, 5.41) is 3.55. The molecule has 1 N–H and O–H groups in total. The van der Waals surface area contributed by atoms with E-state index in [1.165, 1.54) is 38.9 Å². The van der Waals surface area contributed by atoms with Crippen molar-refractivity contribution in [3.8, 4) is 0 Å². The standard InChI is InChI=1S/C13H24N2O/c1-2-13-12-7-14-6-10(12)8-15(13)11-4-3-5-16-9-11/h10-14H,2-9H2,1H3. The van der Waals surface area contributed by atoms with Crippen molar-refractivity contribution in [2.24, 2.45) is 11.8 Å². The number of nitrogens with zero attached hydrogens (tertiary/aromatic N) is 1. The first kappa shape index (κ1) is 11.0. The van der Waals surface area contributed by atoms with Gasteiger partial charge >= 0.3 is 0 Å². The molecule has 3 fully saturated rings. The Morgan fingerprint density at radius 3 is 3.06 bits per heavy atom. The van der Waals surface area contributed by atoms with Crippen LogP contribution in [0.4, 0.5) is 0 Å². The van der Waals surface area contributed by atoms with Crippen molar-refractivity contribution in [2.45, 2.75) is 38.3 Å². The van der Waals surface area contributed by atoms with Crippen molar-refractivity contribution in [3.05, 3.63) is 0 Å². The van der Waals surface area contributed by atoms with Crippen LogP contribution in [-0.2, 0) is 4.74 Å². The molecule has 3 saturated heterocycles. The highest BCUT2D eigenvalue weighted by atomic mass is 16.5. The average molecular weight is 224 g/mol. The molecule has 0 aromatic heterocycles. The van der Waals surface area contributed by atoms with Crippen molar-refractivity contribution in [1.82, 2.24) is 10.2 Å². The maximum absolute atomic E-state index is 5.65. The summed E-state index contributed by atoms with van der Waals surface area (Å²) in [4.78, 5) is 2.77. The molecule has 0 aromatic carbocycles. The van der Waals surface area contributed by atoms with E-state index in [-0.39, 0.29) is 0 Å². The first-order valence-corrected chi connectivity index (χ1v) is 6.94. The molecule has 92 valence electrons. The lowest BCUT2D eigenvalue weighted by Crippen LogP contribution is -2.46. The Morgan fingerprint density at radius 1 is 1.38 bits per heavy atom. The Balaban J connectivity index is 1.70. The summed E-state index contributed by atoms with van der Waals surface area (Å²) in [5.41, 5.74) is 0. The number of nitrogens with one attached hydrogen (secondary N) is 1. The summed E-state index contributed by atoms with van der Waals surface area (Å²) in [7, 11) is 0. The second kappa shape index (κ2) is 4.63. The van der Waals surface area contributed by atoms with Crippen LogP contribution in [0.2, 0.25) is 0 Å². The van der Waals surface area contributed by atoms with Crippen molar-refractivity contribution >= 4 is 0 Å². The maximum Gasteiger partial charge on any atom is 0.0621 e. The smallest absolute Gasteiger partial charge is 0.0621 e. The predicted octanol–water partition coefficient (Wildman–Crippen LogP) is 1.10. The normalized spacial score (nSPS) is 44.8. The van der Waals surface area contributed by atoms with Crippen LogP contribution in [-0.4, -0.2) is 49.8 Å². The molecule has 0 amide bonds. The molecule has 0 saturated carbocycles. The highest BCUT2D eigenvalue weighted by Gasteiger charge is 2.45. The fourth-order valence-electron chi connectivity index (χ4n) is 4.00. The van der Waals surface area contributed by atoms with E-state index in [9.17, 15) is 0 Å². The molecule has 3 aliphatic heterocycles. The van der Waals surface area contributed by atoms with E-state index in [0.29, 0.717) is 6.04 Å². The zero-order valence-electron chi connectivity index (χ0n) is 10.3. The molecular formula is C13H24N2O. The molecule has 0 radical (unpaired) electrons. The van der Waals surface area contributed by atoms with Crippen LogP contribution in [0.5, 0.6) is 0 Å². The van der Waals surface area contributed by atoms with Crippen LogP contribution in [0.15, 0.2) is 0 Å². The van der Waals surface area contributed by atoms with Gasteiger partial charge in [0.05, 0.1) is 6.61 Å². The Labute approximate surface area is 98.5 Å². The van der Waals surface area contributed by atoms with Gasteiger partial charge < -0.3 is 10.1 Å². The van der Waals surface area contributed by atoms with E-state index >= 15 is 0 Å². The first-order valence-electron chi connectivity index (χ1n) is 6.94. The average Bonchev–Trinajstić information content (AvgIpc) is 2.89. The van der Waals surface area contributed by atoms with E-state index in [1.807, 2.05) is 0 Å². The van der Waals surface area contributed by atoms with Gasteiger partial charge in [-0.3, -0.25) is 4.90 Å². The van der Waals surface area contributed by atoms with Gasteiger partial charge in [-0.1, -0.05) is 6.92 Å². The number of rotatable bonds is 2. The van der Waals surface area contributed by atoms with Crippen LogP contribution >= 0.6 is 0 Å². The fourth-order valence-corrected chi connectivity index (χ4v) is 4.00. The van der Waals surface area contributed by atoms with Crippen molar-refractivity contribution in [1.29, 1.82) is 0 Å². The van der Waals surface area contributed by atoms with E-state index < -0.39 is 0 Å². The minimum atomic E-state index is 0.712. The summed E-state index contributed by atoms with van der Waals surface area (Å²) >= 11 is 0. The molecule has 16 heavy (non-hydrogen) atoms. The lowest BCUT2D eigenvalue weighted by molar-refractivity contribution is 0.00781.